The van der Waals surface area contributed by atoms with Gasteiger partial charge in [0.05, 0.1) is 11.8 Å². The van der Waals surface area contributed by atoms with Crippen LogP contribution in [-0.2, 0) is 4.79 Å². The predicted molar refractivity (Wildman–Crippen MR) is 75.0 cm³/mol. The van der Waals surface area contributed by atoms with Gasteiger partial charge >= 0.3 is 0 Å². The Morgan fingerprint density at radius 2 is 2.10 bits per heavy atom. The second kappa shape index (κ2) is 4.73. The number of rotatable bonds is 2. The normalized spacial score (nSPS) is 16.4. The SMILES string of the molecule is Cc1c[nH]c(/C=C2/C(=O)NN=C2c2cnccn2)c1C. The van der Waals surface area contributed by atoms with E-state index in [4.69, 9.17) is 0 Å². The molecule has 0 bridgehead atoms. The fourth-order valence-corrected chi connectivity index (χ4v) is 1.99. The van der Waals surface area contributed by atoms with Gasteiger partial charge in [-0.1, -0.05) is 0 Å². The lowest BCUT2D eigenvalue weighted by Gasteiger charge is -2.00. The lowest BCUT2D eigenvalue weighted by Crippen LogP contribution is -2.14. The molecular weight excluding hydrogens is 254 g/mol. The summed E-state index contributed by atoms with van der Waals surface area (Å²) in [5, 5.41) is 4.03. The van der Waals surface area contributed by atoms with E-state index in [2.05, 4.69) is 25.5 Å². The summed E-state index contributed by atoms with van der Waals surface area (Å²) in [6.07, 6.45) is 8.43. The number of carbonyl (C=O) groups is 1. The summed E-state index contributed by atoms with van der Waals surface area (Å²) < 4.78 is 0. The average Bonchev–Trinajstić information content (AvgIpc) is 2.98. The first-order chi connectivity index (χ1) is 9.66. The van der Waals surface area contributed by atoms with Gasteiger partial charge in [-0.3, -0.25) is 14.8 Å². The Morgan fingerprint density at radius 1 is 1.25 bits per heavy atom. The minimum atomic E-state index is -0.239. The topological polar surface area (TPSA) is 83.0 Å². The number of carbonyl (C=O) groups excluding carboxylic acids is 1. The standard InChI is InChI=1S/C14H13N5O/c1-8-6-17-11(9(8)2)5-10-13(18-19-14(10)20)12-7-15-3-4-16-12/h3-7,17H,1-2H3,(H,19,20)/b10-5+. The van der Waals surface area contributed by atoms with Crippen molar-refractivity contribution < 1.29 is 4.79 Å². The molecule has 1 amide bonds. The van der Waals surface area contributed by atoms with Crippen LogP contribution in [0.15, 0.2) is 35.5 Å². The molecule has 1 aliphatic heterocycles. The van der Waals surface area contributed by atoms with Crippen LogP contribution < -0.4 is 5.43 Å². The summed E-state index contributed by atoms with van der Waals surface area (Å²) in [7, 11) is 0. The van der Waals surface area contributed by atoms with Crippen molar-refractivity contribution in [3.05, 3.63) is 52.9 Å². The molecule has 1 aliphatic rings. The molecule has 3 heterocycles. The number of hydrogen-bond acceptors (Lipinski definition) is 4. The number of hydrogen-bond donors (Lipinski definition) is 2. The first kappa shape index (κ1) is 12.3. The number of aromatic amines is 1. The van der Waals surface area contributed by atoms with Crippen LogP contribution in [-0.4, -0.2) is 26.6 Å². The zero-order valence-corrected chi connectivity index (χ0v) is 11.1. The van der Waals surface area contributed by atoms with Gasteiger partial charge in [0.25, 0.3) is 5.91 Å². The number of aryl methyl sites for hydroxylation is 1. The van der Waals surface area contributed by atoms with Gasteiger partial charge in [0.2, 0.25) is 0 Å². The lowest BCUT2D eigenvalue weighted by molar-refractivity contribution is -0.116. The summed E-state index contributed by atoms with van der Waals surface area (Å²) in [6, 6.07) is 0. The van der Waals surface area contributed by atoms with Crippen LogP contribution in [0, 0.1) is 13.8 Å². The second-order valence-electron chi connectivity index (χ2n) is 4.56. The number of hydrazone groups is 1. The van der Waals surface area contributed by atoms with E-state index in [1.54, 1.807) is 24.7 Å². The second-order valence-corrected chi connectivity index (χ2v) is 4.56. The van der Waals surface area contributed by atoms with Crippen LogP contribution in [0.25, 0.3) is 6.08 Å². The highest BCUT2D eigenvalue weighted by Gasteiger charge is 2.25. The highest BCUT2D eigenvalue weighted by molar-refractivity contribution is 6.32. The van der Waals surface area contributed by atoms with E-state index in [1.165, 1.54) is 0 Å². The molecule has 100 valence electrons. The first-order valence-corrected chi connectivity index (χ1v) is 6.18. The van der Waals surface area contributed by atoms with E-state index in [0.29, 0.717) is 17.0 Å². The van der Waals surface area contributed by atoms with E-state index in [0.717, 1.165) is 16.8 Å². The zero-order valence-electron chi connectivity index (χ0n) is 11.1. The van der Waals surface area contributed by atoms with E-state index >= 15 is 0 Å². The van der Waals surface area contributed by atoms with Gasteiger partial charge in [0.1, 0.15) is 11.4 Å². The third-order valence-corrected chi connectivity index (χ3v) is 3.30. The van der Waals surface area contributed by atoms with E-state index in [9.17, 15) is 4.79 Å². The van der Waals surface area contributed by atoms with Crippen LogP contribution in [0.5, 0.6) is 0 Å². The lowest BCUT2D eigenvalue weighted by atomic mass is 10.1. The quantitative estimate of drug-likeness (QED) is 0.805. The molecule has 0 spiro atoms. The van der Waals surface area contributed by atoms with Crippen molar-refractivity contribution in [2.24, 2.45) is 5.10 Å². The van der Waals surface area contributed by atoms with E-state index in [-0.39, 0.29) is 5.91 Å². The molecule has 2 aromatic heterocycles. The largest absolute Gasteiger partial charge is 0.361 e. The molecule has 0 aromatic carbocycles. The van der Waals surface area contributed by atoms with Gasteiger partial charge in [0, 0.05) is 24.3 Å². The summed E-state index contributed by atoms with van der Waals surface area (Å²) in [5.74, 6) is -0.239. The fourth-order valence-electron chi connectivity index (χ4n) is 1.99. The van der Waals surface area contributed by atoms with Crippen LogP contribution in [0.2, 0.25) is 0 Å². The summed E-state index contributed by atoms with van der Waals surface area (Å²) in [6.45, 7) is 4.02. The number of nitrogens with zero attached hydrogens (tertiary/aromatic N) is 3. The molecule has 2 N–H and O–H groups in total. The van der Waals surface area contributed by atoms with E-state index in [1.807, 2.05) is 20.0 Å². The van der Waals surface area contributed by atoms with Gasteiger partial charge < -0.3 is 4.98 Å². The summed E-state index contributed by atoms with van der Waals surface area (Å²) in [5.41, 5.74) is 7.17. The minimum absolute atomic E-state index is 0.239. The summed E-state index contributed by atoms with van der Waals surface area (Å²) >= 11 is 0. The van der Waals surface area contributed by atoms with Crippen molar-refractivity contribution in [3.63, 3.8) is 0 Å². The average molecular weight is 267 g/mol. The van der Waals surface area contributed by atoms with Crippen molar-refractivity contribution >= 4 is 17.7 Å². The number of nitrogens with one attached hydrogen (secondary N) is 2. The molecule has 2 aromatic rings. The molecule has 6 heteroatoms. The van der Waals surface area contributed by atoms with Crippen LogP contribution in [0.1, 0.15) is 22.5 Å². The Bertz CT molecular complexity index is 727. The first-order valence-electron chi connectivity index (χ1n) is 6.18. The molecule has 3 rings (SSSR count). The molecule has 6 nitrogen and oxygen atoms in total. The van der Waals surface area contributed by atoms with Gasteiger partial charge in [-0.25, -0.2) is 5.43 Å². The maximum absolute atomic E-state index is 11.9. The highest BCUT2D eigenvalue weighted by Crippen LogP contribution is 2.19. The van der Waals surface area contributed by atoms with Crippen molar-refractivity contribution in [2.75, 3.05) is 0 Å². The van der Waals surface area contributed by atoms with Crippen LogP contribution in [0.4, 0.5) is 0 Å². The van der Waals surface area contributed by atoms with E-state index < -0.39 is 0 Å². The van der Waals surface area contributed by atoms with Crippen molar-refractivity contribution in [1.29, 1.82) is 0 Å². The third kappa shape index (κ3) is 2.01. The molecule has 0 fully saturated rings. The smallest absolute Gasteiger partial charge is 0.273 e. The molecule has 0 radical (unpaired) electrons. The third-order valence-electron chi connectivity index (χ3n) is 3.30. The summed E-state index contributed by atoms with van der Waals surface area (Å²) in [4.78, 5) is 23.2. The van der Waals surface area contributed by atoms with Crippen molar-refractivity contribution in [2.45, 2.75) is 13.8 Å². The Morgan fingerprint density at radius 3 is 2.75 bits per heavy atom. The maximum atomic E-state index is 11.9. The predicted octanol–water partition coefficient (Wildman–Crippen LogP) is 1.34. The Balaban J connectivity index is 2.05. The molecule has 0 saturated heterocycles. The van der Waals surface area contributed by atoms with Gasteiger partial charge in [-0.2, -0.15) is 5.10 Å². The number of amides is 1. The Hall–Kier alpha value is -2.76. The molecule has 0 atom stereocenters. The Labute approximate surface area is 115 Å². The number of H-pyrrole nitrogens is 1. The fraction of sp³-hybridized carbons (Fsp3) is 0.143. The Kier molecular flexibility index (Phi) is 2.90. The van der Waals surface area contributed by atoms with Gasteiger partial charge in [0.15, 0.2) is 0 Å². The van der Waals surface area contributed by atoms with Crippen molar-refractivity contribution in [3.8, 4) is 0 Å². The molecular formula is C14H13N5O. The van der Waals surface area contributed by atoms with Crippen LogP contribution in [0.3, 0.4) is 0 Å². The zero-order chi connectivity index (χ0) is 14.1. The highest BCUT2D eigenvalue weighted by atomic mass is 16.2. The molecule has 20 heavy (non-hydrogen) atoms. The van der Waals surface area contributed by atoms with Gasteiger partial charge in [-0.15, -0.1) is 0 Å². The number of aromatic nitrogens is 3. The molecule has 0 unspecified atom stereocenters. The minimum Gasteiger partial charge on any atom is -0.361 e. The van der Waals surface area contributed by atoms with Crippen molar-refractivity contribution in [1.82, 2.24) is 20.4 Å². The maximum Gasteiger partial charge on any atom is 0.273 e. The molecule has 0 saturated carbocycles. The van der Waals surface area contributed by atoms with Crippen LogP contribution >= 0.6 is 0 Å². The monoisotopic (exact) mass is 267 g/mol. The molecule has 0 aliphatic carbocycles. The van der Waals surface area contributed by atoms with Gasteiger partial charge in [-0.05, 0) is 31.1 Å².